The van der Waals surface area contributed by atoms with E-state index in [4.69, 9.17) is 19.9 Å². The average molecular weight is 538 g/mol. The first-order chi connectivity index (χ1) is 19.3. The number of allylic oxidation sites excluding steroid dienone is 1. The Kier molecular flexibility index (Phi) is 7.11. The van der Waals surface area contributed by atoms with E-state index in [1.54, 1.807) is 48.5 Å². The van der Waals surface area contributed by atoms with E-state index in [1.165, 1.54) is 36.4 Å². The van der Waals surface area contributed by atoms with Gasteiger partial charge in [-0.25, -0.2) is 9.18 Å². The fraction of sp³-hybridized carbons (Fsp3) is 0.0667. The third-order valence-electron chi connectivity index (χ3n) is 6.26. The number of nitrogens with two attached hydrogens (primary N) is 1. The van der Waals surface area contributed by atoms with Crippen molar-refractivity contribution in [2.45, 2.75) is 12.5 Å². The van der Waals surface area contributed by atoms with E-state index in [0.717, 1.165) is 11.6 Å². The molecule has 0 saturated heterocycles. The molecule has 10 heteroatoms. The Balaban J connectivity index is 1.38. The number of rotatable bonds is 7. The highest BCUT2D eigenvalue weighted by atomic mass is 19.1. The van der Waals surface area contributed by atoms with Gasteiger partial charge in [0.05, 0.1) is 16.4 Å². The topological polar surface area (TPSA) is 138 Å². The van der Waals surface area contributed by atoms with Crippen LogP contribution in [0.25, 0.3) is 0 Å². The molecule has 0 aliphatic carbocycles. The third-order valence-corrected chi connectivity index (χ3v) is 6.26. The van der Waals surface area contributed by atoms with Crippen LogP contribution in [0.2, 0.25) is 0 Å². The minimum atomic E-state index is -0.789. The number of hydrogen-bond donors (Lipinski definition) is 1. The minimum absolute atomic E-state index is 0.00852. The molecule has 1 unspecified atom stereocenters. The van der Waals surface area contributed by atoms with Crippen LogP contribution in [0, 0.1) is 27.3 Å². The molecule has 1 atom stereocenters. The van der Waals surface area contributed by atoms with Crippen LogP contribution in [0.1, 0.15) is 33.0 Å². The number of nitrogens with zero attached hydrogens (tertiary/aromatic N) is 2. The maximum atomic E-state index is 13.9. The van der Waals surface area contributed by atoms with Gasteiger partial charge >= 0.3 is 5.97 Å². The van der Waals surface area contributed by atoms with Gasteiger partial charge in [-0.2, -0.15) is 5.26 Å². The molecule has 2 N–H and O–H groups in total. The lowest BCUT2D eigenvalue weighted by molar-refractivity contribution is -0.384. The van der Waals surface area contributed by atoms with Crippen LogP contribution >= 0.6 is 0 Å². The minimum Gasteiger partial charge on any atom is -0.489 e. The number of hydrogen-bond acceptors (Lipinski definition) is 8. The maximum Gasteiger partial charge on any atom is 0.343 e. The highest BCUT2D eigenvalue weighted by Gasteiger charge is 2.31. The zero-order chi connectivity index (χ0) is 28.2. The molecule has 0 aromatic heterocycles. The molecule has 0 fully saturated rings. The molecule has 1 heterocycles. The van der Waals surface area contributed by atoms with Crippen LogP contribution < -0.4 is 19.9 Å². The van der Waals surface area contributed by atoms with E-state index in [-0.39, 0.29) is 46.6 Å². The second-order valence-corrected chi connectivity index (χ2v) is 8.77. The molecule has 198 valence electrons. The van der Waals surface area contributed by atoms with Crippen LogP contribution in [0.4, 0.5) is 10.1 Å². The van der Waals surface area contributed by atoms with Crippen LogP contribution in [-0.4, -0.2) is 10.9 Å². The number of esters is 1. The number of carbonyl (C=O) groups excluding carboxylic acids is 1. The number of fused-ring (bicyclic) bond motifs is 1. The Hall–Kier alpha value is -5.69. The molecule has 0 spiro atoms. The summed E-state index contributed by atoms with van der Waals surface area (Å²) >= 11 is 0. The Morgan fingerprint density at radius 1 is 1.02 bits per heavy atom. The van der Waals surface area contributed by atoms with Crippen LogP contribution in [0.3, 0.4) is 0 Å². The monoisotopic (exact) mass is 537 g/mol. The number of carbonyl (C=O) groups is 1. The van der Waals surface area contributed by atoms with Crippen molar-refractivity contribution in [3.63, 3.8) is 0 Å². The summed E-state index contributed by atoms with van der Waals surface area (Å²) in [5, 5.41) is 20.8. The van der Waals surface area contributed by atoms with Crippen molar-refractivity contribution in [2.24, 2.45) is 5.73 Å². The number of halogens is 1. The molecule has 40 heavy (non-hydrogen) atoms. The normalized spacial score (nSPS) is 13.9. The molecule has 0 amide bonds. The van der Waals surface area contributed by atoms with Gasteiger partial charge in [0.25, 0.3) is 5.69 Å². The zero-order valence-corrected chi connectivity index (χ0v) is 20.7. The van der Waals surface area contributed by atoms with Gasteiger partial charge in [-0.1, -0.05) is 42.5 Å². The summed E-state index contributed by atoms with van der Waals surface area (Å²) in [6.07, 6.45) is 0. The van der Waals surface area contributed by atoms with Gasteiger partial charge in [0, 0.05) is 29.3 Å². The fourth-order valence-corrected chi connectivity index (χ4v) is 4.29. The maximum absolute atomic E-state index is 13.9. The largest absolute Gasteiger partial charge is 0.489 e. The summed E-state index contributed by atoms with van der Waals surface area (Å²) in [5.41, 5.74) is 7.81. The molecule has 4 aromatic carbocycles. The summed E-state index contributed by atoms with van der Waals surface area (Å²) in [6, 6.07) is 25.3. The Bertz CT molecular complexity index is 1690. The molecule has 9 nitrogen and oxygen atoms in total. The summed E-state index contributed by atoms with van der Waals surface area (Å²) in [6.45, 7) is 0.0558. The van der Waals surface area contributed by atoms with Crippen molar-refractivity contribution in [1.29, 1.82) is 5.26 Å². The predicted octanol–water partition coefficient (Wildman–Crippen LogP) is 5.75. The molecule has 1 aliphatic rings. The molecule has 4 aromatic rings. The number of nitriles is 1. The lowest BCUT2D eigenvalue weighted by Gasteiger charge is -2.26. The van der Waals surface area contributed by atoms with Crippen molar-refractivity contribution in [2.75, 3.05) is 0 Å². The van der Waals surface area contributed by atoms with E-state index < -0.39 is 16.8 Å². The molecule has 1 aliphatic heterocycles. The van der Waals surface area contributed by atoms with Crippen molar-refractivity contribution in [3.8, 4) is 23.3 Å². The van der Waals surface area contributed by atoms with E-state index in [0.29, 0.717) is 16.9 Å². The predicted molar refractivity (Wildman–Crippen MR) is 141 cm³/mol. The molecular formula is C30H20FN3O6. The summed E-state index contributed by atoms with van der Waals surface area (Å²) < 4.78 is 30.7. The van der Waals surface area contributed by atoms with Gasteiger partial charge in [0.1, 0.15) is 41.3 Å². The Morgan fingerprint density at radius 2 is 1.77 bits per heavy atom. The Labute approximate surface area is 227 Å². The van der Waals surface area contributed by atoms with Crippen LogP contribution in [0.5, 0.6) is 17.2 Å². The number of non-ortho nitro benzene ring substituents is 1. The zero-order valence-electron chi connectivity index (χ0n) is 20.7. The highest BCUT2D eigenvalue weighted by molar-refractivity contribution is 5.91. The van der Waals surface area contributed by atoms with E-state index in [9.17, 15) is 24.6 Å². The number of nitro benzene ring substituents is 1. The summed E-state index contributed by atoms with van der Waals surface area (Å²) in [5.74, 6) is -0.892. The van der Waals surface area contributed by atoms with Crippen molar-refractivity contribution in [3.05, 3.63) is 141 Å². The van der Waals surface area contributed by atoms with Crippen LogP contribution in [-0.2, 0) is 6.61 Å². The van der Waals surface area contributed by atoms with Crippen molar-refractivity contribution < 1.29 is 28.3 Å². The quantitative estimate of drug-likeness (QED) is 0.136. The van der Waals surface area contributed by atoms with Gasteiger partial charge < -0.3 is 19.9 Å². The third kappa shape index (κ3) is 5.30. The second-order valence-electron chi connectivity index (χ2n) is 8.77. The standard InChI is InChI=1S/C30H20FN3O6/c31-26-7-2-1-4-20(26)17-38-22-10-8-18(9-11-22)28-24-13-12-23(15-27(24)40-29(33)25(28)16-32)39-30(35)19-5-3-6-21(14-19)34(36)37/h1-15,28H,17,33H2. The number of benzene rings is 4. The first kappa shape index (κ1) is 25.9. The van der Waals surface area contributed by atoms with Gasteiger partial charge in [-0.3, -0.25) is 10.1 Å². The molecule has 0 radical (unpaired) electrons. The highest BCUT2D eigenvalue weighted by Crippen LogP contribution is 2.43. The second kappa shape index (κ2) is 11.0. The lowest BCUT2D eigenvalue weighted by Crippen LogP contribution is -2.21. The number of nitro groups is 1. The van der Waals surface area contributed by atoms with E-state index >= 15 is 0 Å². The average Bonchev–Trinajstić information content (AvgIpc) is 2.96. The van der Waals surface area contributed by atoms with Gasteiger partial charge in [0.2, 0.25) is 5.88 Å². The van der Waals surface area contributed by atoms with Gasteiger partial charge in [0.15, 0.2) is 0 Å². The first-order valence-corrected chi connectivity index (χ1v) is 12.0. The van der Waals surface area contributed by atoms with Gasteiger partial charge in [-0.05, 0) is 35.9 Å². The van der Waals surface area contributed by atoms with Crippen molar-refractivity contribution >= 4 is 11.7 Å². The van der Waals surface area contributed by atoms with E-state index in [2.05, 4.69) is 6.07 Å². The molecule has 0 saturated carbocycles. The SMILES string of the molecule is N#CC1=C(N)Oc2cc(OC(=O)c3cccc([N+](=O)[O-])c3)ccc2C1c1ccc(OCc2ccccc2F)cc1. The Morgan fingerprint density at radius 3 is 2.50 bits per heavy atom. The smallest absolute Gasteiger partial charge is 0.343 e. The summed E-state index contributed by atoms with van der Waals surface area (Å²) in [7, 11) is 0. The molecule has 0 bridgehead atoms. The summed E-state index contributed by atoms with van der Waals surface area (Å²) in [4.78, 5) is 23.0. The molecule has 5 rings (SSSR count). The molecular weight excluding hydrogens is 517 g/mol. The number of ether oxygens (including phenoxy) is 3. The first-order valence-electron chi connectivity index (χ1n) is 12.0. The lowest BCUT2D eigenvalue weighted by atomic mass is 9.83. The van der Waals surface area contributed by atoms with Gasteiger partial charge in [-0.15, -0.1) is 0 Å². The van der Waals surface area contributed by atoms with Crippen molar-refractivity contribution in [1.82, 2.24) is 0 Å². The van der Waals surface area contributed by atoms with E-state index in [1.807, 2.05) is 0 Å². The van der Waals surface area contributed by atoms with Crippen LogP contribution in [0.15, 0.2) is 102 Å². The fourth-order valence-electron chi connectivity index (χ4n) is 4.29.